The average Bonchev–Trinajstić information content (AvgIpc) is 2.95. The lowest BCUT2D eigenvalue weighted by atomic mass is 9.94. The van der Waals surface area contributed by atoms with Crippen molar-refractivity contribution in [2.45, 2.75) is 5.72 Å². The normalized spacial score (nSPS) is 19.7. The Bertz CT molecular complexity index is 793. The summed E-state index contributed by atoms with van der Waals surface area (Å²) in [5.74, 6) is 0.191. The second kappa shape index (κ2) is 7.87. The number of amidine groups is 1. The molecule has 25 heavy (non-hydrogen) atoms. The second-order valence-corrected chi connectivity index (χ2v) is 5.74. The van der Waals surface area contributed by atoms with Gasteiger partial charge in [0.05, 0.1) is 7.11 Å². The third-order valence-corrected chi connectivity index (χ3v) is 4.26. The van der Waals surface area contributed by atoms with Gasteiger partial charge in [0, 0.05) is 28.8 Å². The van der Waals surface area contributed by atoms with Crippen molar-refractivity contribution >= 4 is 35.8 Å². The molecule has 0 amide bonds. The number of nitrogens with one attached hydrogen (secondary N) is 1. The van der Waals surface area contributed by atoms with Gasteiger partial charge in [0.25, 0.3) is 0 Å². The number of rotatable bonds is 4. The van der Waals surface area contributed by atoms with Gasteiger partial charge in [-0.25, -0.2) is 0 Å². The molecule has 132 valence electrons. The molecule has 1 atom stereocenters. The minimum atomic E-state index is -0.879. The molecule has 3 rings (SSSR count). The lowest BCUT2D eigenvalue weighted by Gasteiger charge is -2.30. The zero-order valence-electron chi connectivity index (χ0n) is 13.8. The largest absolute Gasteiger partial charge is 0.468 e. The fourth-order valence-corrected chi connectivity index (χ4v) is 2.95. The average molecular weight is 381 g/mol. The van der Waals surface area contributed by atoms with E-state index in [2.05, 4.69) is 15.0 Å². The molecule has 2 aromatic rings. The van der Waals surface area contributed by atoms with Gasteiger partial charge in [-0.3, -0.25) is 9.79 Å². The van der Waals surface area contributed by atoms with E-state index < -0.39 is 11.7 Å². The number of nitrogens with zero attached hydrogens (tertiary/aromatic N) is 1. The van der Waals surface area contributed by atoms with Crippen LogP contribution in [0.5, 0.6) is 0 Å². The lowest BCUT2D eigenvalue weighted by molar-refractivity contribution is -0.138. The summed E-state index contributed by atoms with van der Waals surface area (Å²) in [4.78, 5) is 15.8. The van der Waals surface area contributed by atoms with Crippen LogP contribution in [0.25, 0.3) is 0 Å². The van der Waals surface area contributed by atoms with Gasteiger partial charge in [-0.05, 0) is 12.1 Å². The van der Waals surface area contributed by atoms with Crippen LogP contribution in [0.2, 0.25) is 5.02 Å². The van der Waals surface area contributed by atoms with E-state index in [4.69, 9.17) is 16.3 Å². The Morgan fingerprint density at radius 3 is 2.48 bits per heavy atom. The second-order valence-electron chi connectivity index (χ2n) is 5.30. The molecule has 5 nitrogen and oxygen atoms in total. The van der Waals surface area contributed by atoms with Gasteiger partial charge in [0.1, 0.15) is 12.4 Å². The van der Waals surface area contributed by atoms with E-state index in [0.29, 0.717) is 10.9 Å². The van der Waals surface area contributed by atoms with Crippen molar-refractivity contribution in [1.29, 1.82) is 0 Å². The summed E-state index contributed by atoms with van der Waals surface area (Å²) in [6.45, 7) is -0.0619. The maximum absolute atomic E-state index is 11.4. The van der Waals surface area contributed by atoms with Crippen LogP contribution >= 0.6 is 24.0 Å². The van der Waals surface area contributed by atoms with Crippen LogP contribution in [0.15, 0.2) is 53.5 Å². The van der Waals surface area contributed by atoms with Crippen molar-refractivity contribution in [3.63, 3.8) is 0 Å². The van der Waals surface area contributed by atoms with E-state index in [0.717, 1.165) is 16.7 Å². The predicted octanol–water partition coefficient (Wildman–Crippen LogP) is 3.13. The quantitative estimate of drug-likeness (QED) is 0.827. The number of esters is 1. The van der Waals surface area contributed by atoms with Gasteiger partial charge in [0.15, 0.2) is 5.72 Å². The molecule has 0 saturated carbocycles. The predicted molar refractivity (Wildman–Crippen MR) is 99.5 cm³/mol. The molecule has 1 aliphatic heterocycles. The van der Waals surface area contributed by atoms with E-state index in [1.165, 1.54) is 7.11 Å². The van der Waals surface area contributed by atoms with Gasteiger partial charge < -0.3 is 14.8 Å². The Balaban J connectivity index is 0.00000225. The Kier molecular flexibility index (Phi) is 6.06. The number of carbonyl (C=O) groups excluding carboxylic acids is 1. The van der Waals surface area contributed by atoms with Gasteiger partial charge in [-0.15, -0.1) is 12.4 Å². The summed E-state index contributed by atoms with van der Waals surface area (Å²) in [5.41, 5.74) is 1.83. The molecule has 1 heterocycles. The van der Waals surface area contributed by atoms with E-state index in [-0.39, 0.29) is 19.0 Å². The SMILES string of the molecule is COC(=O)CN=C1NC(OC)(c2ccc(Cl)cc2)c2ccccc21.Cl. The first-order valence-electron chi connectivity index (χ1n) is 7.41. The van der Waals surface area contributed by atoms with Crippen LogP contribution in [0.3, 0.4) is 0 Å². The monoisotopic (exact) mass is 380 g/mol. The molecular weight excluding hydrogens is 363 g/mol. The van der Waals surface area contributed by atoms with E-state index in [1.54, 1.807) is 7.11 Å². The molecule has 0 spiro atoms. The Labute approximate surface area is 157 Å². The van der Waals surface area contributed by atoms with Gasteiger partial charge in [-0.2, -0.15) is 0 Å². The molecular formula is C18H18Cl2N2O3. The maximum atomic E-state index is 11.4. The molecule has 0 bridgehead atoms. The zero-order chi connectivity index (χ0) is 17.2. The fraction of sp³-hybridized carbons (Fsp3) is 0.222. The van der Waals surface area contributed by atoms with E-state index >= 15 is 0 Å². The number of methoxy groups -OCH3 is 2. The van der Waals surface area contributed by atoms with Crippen molar-refractivity contribution in [3.05, 3.63) is 70.2 Å². The van der Waals surface area contributed by atoms with Crippen LogP contribution in [0.1, 0.15) is 16.7 Å². The maximum Gasteiger partial charge on any atom is 0.327 e. The molecule has 0 fully saturated rings. The fourth-order valence-electron chi connectivity index (χ4n) is 2.82. The minimum Gasteiger partial charge on any atom is -0.468 e. The Morgan fingerprint density at radius 2 is 1.84 bits per heavy atom. The smallest absolute Gasteiger partial charge is 0.327 e. The van der Waals surface area contributed by atoms with Gasteiger partial charge >= 0.3 is 5.97 Å². The highest BCUT2D eigenvalue weighted by Crippen LogP contribution is 2.38. The number of ether oxygens (including phenoxy) is 2. The van der Waals surface area contributed by atoms with E-state index in [9.17, 15) is 4.79 Å². The van der Waals surface area contributed by atoms with Crippen molar-refractivity contribution in [3.8, 4) is 0 Å². The number of carbonyl (C=O) groups is 1. The Morgan fingerprint density at radius 1 is 1.16 bits per heavy atom. The number of aliphatic imine (C=N–C) groups is 1. The third-order valence-electron chi connectivity index (χ3n) is 4.01. The minimum absolute atomic E-state index is 0. The highest BCUT2D eigenvalue weighted by Gasteiger charge is 2.43. The van der Waals surface area contributed by atoms with Crippen molar-refractivity contribution in [1.82, 2.24) is 5.32 Å². The molecule has 7 heteroatoms. The first kappa shape index (κ1) is 19.2. The molecule has 1 aliphatic rings. The van der Waals surface area contributed by atoms with Gasteiger partial charge in [0.2, 0.25) is 0 Å². The van der Waals surface area contributed by atoms with Crippen molar-refractivity contribution in [2.75, 3.05) is 20.8 Å². The molecule has 1 unspecified atom stereocenters. The van der Waals surface area contributed by atoms with Crippen molar-refractivity contribution < 1.29 is 14.3 Å². The molecule has 0 saturated heterocycles. The van der Waals surface area contributed by atoms with Crippen LogP contribution in [-0.4, -0.2) is 32.6 Å². The van der Waals surface area contributed by atoms with Crippen LogP contribution in [0.4, 0.5) is 0 Å². The number of fused-ring (bicyclic) bond motifs is 1. The molecule has 1 N–H and O–H groups in total. The topological polar surface area (TPSA) is 59.9 Å². The molecule has 0 aliphatic carbocycles. The van der Waals surface area contributed by atoms with Crippen molar-refractivity contribution in [2.24, 2.45) is 4.99 Å². The van der Waals surface area contributed by atoms with Crippen LogP contribution < -0.4 is 5.32 Å². The summed E-state index contributed by atoms with van der Waals surface area (Å²) in [7, 11) is 2.97. The van der Waals surface area contributed by atoms with E-state index in [1.807, 2.05) is 48.5 Å². The summed E-state index contributed by atoms with van der Waals surface area (Å²) < 4.78 is 10.5. The number of benzene rings is 2. The van der Waals surface area contributed by atoms with Crippen LogP contribution in [0, 0.1) is 0 Å². The highest BCUT2D eigenvalue weighted by molar-refractivity contribution is 6.30. The summed E-state index contributed by atoms with van der Waals surface area (Å²) in [5, 5.41) is 3.96. The first-order chi connectivity index (χ1) is 11.6. The Hall–Kier alpha value is -2.08. The number of hydrogen-bond donors (Lipinski definition) is 1. The molecule has 0 aromatic heterocycles. The number of halogens is 2. The zero-order valence-corrected chi connectivity index (χ0v) is 15.4. The van der Waals surface area contributed by atoms with Gasteiger partial charge in [-0.1, -0.05) is 48.0 Å². The summed E-state index contributed by atoms with van der Waals surface area (Å²) in [6.07, 6.45) is 0. The molecule has 0 radical (unpaired) electrons. The lowest BCUT2D eigenvalue weighted by Crippen LogP contribution is -2.42. The summed E-state index contributed by atoms with van der Waals surface area (Å²) in [6, 6.07) is 15.2. The first-order valence-corrected chi connectivity index (χ1v) is 7.79. The number of hydrogen-bond acceptors (Lipinski definition) is 4. The highest BCUT2D eigenvalue weighted by atomic mass is 35.5. The van der Waals surface area contributed by atoms with Crippen LogP contribution in [-0.2, 0) is 20.0 Å². The standard InChI is InChI=1S/C18H17ClN2O3.ClH/c1-23-16(22)11-20-17-14-5-3-4-6-15(14)18(21-17,24-2)12-7-9-13(19)10-8-12;/h3-10H,11H2,1-2H3,(H,20,21);1H. The third kappa shape index (κ3) is 3.49. The molecule has 2 aromatic carbocycles. The summed E-state index contributed by atoms with van der Waals surface area (Å²) >= 11 is 6.00.